The van der Waals surface area contributed by atoms with Crippen LogP contribution in [0.1, 0.15) is 258 Å². The number of rotatable bonds is 53. The Labute approximate surface area is 434 Å². The van der Waals surface area contributed by atoms with E-state index in [4.69, 9.17) is 9.05 Å². The lowest BCUT2D eigenvalue weighted by Crippen LogP contribution is -2.45. The van der Waals surface area contributed by atoms with E-state index in [1.807, 2.05) is 27.2 Å². The number of phosphoric acid groups is 1. The van der Waals surface area contributed by atoms with E-state index in [1.165, 1.54) is 173 Å². The van der Waals surface area contributed by atoms with Crippen LogP contribution >= 0.6 is 7.82 Å². The monoisotopic (exact) mass is 1000 g/mol. The molecule has 0 saturated heterocycles. The normalized spacial score (nSPS) is 14.4. The highest BCUT2D eigenvalue weighted by Crippen LogP contribution is 2.38. The second-order valence-electron chi connectivity index (χ2n) is 21.0. The van der Waals surface area contributed by atoms with Crippen molar-refractivity contribution in [3.05, 3.63) is 72.9 Å². The van der Waals surface area contributed by atoms with Crippen LogP contribution in [0.15, 0.2) is 72.9 Å². The number of nitrogens with one attached hydrogen (secondary N) is 1. The molecule has 0 radical (unpaired) electrons. The van der Waals surface area contributed by atoms with Gasteiger partial charge in [0, 0.05) is 6.42 Å². The molecule has 0 rings (SSSR count). The molecule has 0 aliphatic carbocycles. The summed E-state index contributed by atoms with van der Waals surface area (Å²) >= 11 is 0. The summed E-state index contributed by atoms with van der Waals surface area (Å²) < 4.78 is 23.3. The third-order valence-electron chi connectivity index (χ3n) is 12.9. The smallest absolute Gasteiger partial charge is 0.268 e. The van der Waals surface area contributed by atoms with E-state index in [0.717, 1.165) is 64.2 Å². The van der Waals surface area contributed by atoms with E-state index in [1.54, 1.807) is 6.08 Å². The number of carbonyl (C=O) groups is 1. The second kappa shape index (κ2) is 51.8. The van der Waals surface area contributed by atoms with Gasteiger partial charge in [-0.2, -0.15) is 0 Å². The fraction of sp³-hybridized carbons (Fsp3) is 0.787. The van der Waals surface area contributed by atoms with Gasteiger partial charge in [0.25, 0.3) is 7.82 Å². The molecule has 9 heteroatoms. The highest BCUT2D eigenvalue weighted by atomic mass is 31.2. The molecule has 2 N–H and O–H groups in total. The lowest BCUT2D eigenvalue weighted by atomic mass is 10.0. The zero-order valence-electron chi connectivity index (χ0n) is 46.5. The summed E-state index contributed by atoms with van der Waals surface area (Å²) in [7, 11) is 1.25. The van der Waals surface area contributed by atoms with Gasteiger partial charge in [-0.1, -0.05) is 254 Å². The SMILES string of the molecule is CC/C=C\C/C=C\C/C=C\C/C=C\CCCCCCCCCCCCCCCCCCCCCCCCC(=O)NC(COP(=O)([O-])OCC[N+](C)(C)C)C(O)/C=C/CC/C=C/CCCCCCCCC. The summed E-state index contributed by atoms with van der Waals surface area (Å²) in [5, 5.41) is 13.8. The van der Waals surface area contributed by atoms with Crippen LogP contribution in [0.2, 0.25) is 0 Å². The van der Waals surface area contributed by atoms with Gasteiger partial charge < -0.3 is 28.8 Å². The molecule has 0 aromatic heterocycles. The summed E-state index contributed by atoms with van der Waals surface area (Å²) in [6, 6.07) is -0.903. The second-order valence-corrected chi connectivity index (χ2v) is 22.4. The molecule has 3 atom stereocenters. The van der Waals surface area contributed by atoms with E-state index < -0.39 is 26.6 Å². The zero-order chi connectivity index (χ0) is 51.3. The highest BCUT2D eigenvalue weighted by molar-refractivity contribution is 7.45. The number of quaternary nitrogens is 1. The van der Waals surface area contributed by atoms with Crippen LogP contribution in [0, 0.1) is 0 Å². The molecule has 0 aliphatic heterocycles. The van der Waals surface area contributed by atoms with Crippen molar-refractivity contribution in [1.29, 1.82) is 0 Å². The number of aliphatic hydroxyl groups excluding tert-OH is 1. The first-order valence-corrected chi connectivity index (χ1v) is 30.8. The molecule has 0 fully saturated rings. The summed E-state index contributed by atoms with van der Waals surface area (Å²) in [6.07, 6.45) is 71.5. The Balaban J connectivity index is 3.99. The van der Waals surface area contributed by atoms with Crippen molar-refractivity contribution in [2.75, 3.05) is 40.9 Å². The third kappa shape index (κ3) is 53.7. The van der Waals surface area contributed by atoms with Gasteiger partial charge >= 0.3 is 0 Å². The molecule has 0 spiro atoms. The minimum atomic E-state index is -4.60. The number of phosphoric ester groups is 1. The van der Waals surface area contributed by atoms with Gasteiger partial charge in [0.2, 0.25) is 5.91 Å². The van der Waals surface area contributed by atoms with Crippen molar-refractivity contribution in [3.63, 3.8) is 0 Å². The van der Waals surface area contributed by atoms with Crippen molar-refractivity contribution in [2.45, 2.75) is 270 Å². The average Bonchev–Trinajstić information content (AvgIpc) is 3.32. The maximum atomic E-state index is 12.9. The molecule has 3 unspecified atom stereocenters. The Morgan fingerprint density at radius 2 is 0.886 bits per heavy atom. The minimum absolute atomic E-state index is 0.00682. The third-order valence-corrected chi connectivity index (χ3v) is 13.9. The van der Waals surface area contributed by atoms with Gasteiger partial charge in [0.1, 0.15) is 13.2 Å². The average molecular weight is 1000 g/mol. The van der Waals surface area contributed by atoms with Crippen LogP contribution in [0.4, 0.5) is 0 Å². The van der Waals surface area contributed by atoms with E-state index in [9.17, 15) is 19.4 Å². The summed E-state index contributed by atoms with van der Waals surface area (Å²) in [4.78, 5) is 25.4. The first kappa shape index (κ1) is 67.9. The summed E-state index contributed by atoms with van der Waals surface area (Å²) in [6.45, 7) is 4.51. The maximum Gasteiger partial charge on any atom is 0.268 e. The molecule has 0 aromatic rings. The Morgan fingerprint density at radius 1 is 0.514 bits per heavy atom. The van der Waals surface area contributed by atoms with Gasteiger partial charge in [0.15, 0.2) is 0 Å². The van der Waals surface area contributed by atoms with E-state index in [2.05, 4.69) is 79.9 Å². The Bertz CT molecular complexity index is 1370. The fourth-order valence-electron chi connectivity index (χ4n) is 8.34. The molecule has 408 valence electrons. The number of allylic oxidation sites excluding steroid dienone is 11. The standard InChI is InChI=1S/C61H113N2O6P/c1-6-8-10-12-14-16-18-20-21-22-23-24-25-26-27-28-29-30-31-32-33-34-35-36-37-38-39-40-41-43-45-47-49-51-53-55-61(65)62-59(58-69-70(66,67)68-57-56-63(3,4)5)60(64)54-52-50-48-46-44-42-19-17-15-13-11-9-7-2/h8,10,14,16,20-21,23-24,44,46,52,54,59-60,64H,6-7,9,11-13,15,17-19,22,25-43,45,47-51,53,55-58H2,1-5H3,(H-,62,65,66,67)/b10-8-,16-14-,21-20-,24-23-,46-44+,54-52+. The van der Waals surface area contributed by atoms with Gasteiger partial charge in [-0.3, -0.25) is 9.36 Å². The van der Waals surface area contributed by atoms with Crippen LogP contribution in [-0.4, -0.2) is 68.5 Å². The quantitative estimate of drug-likeness (QED) is 0.0272. The van der Waals surface area contributed by atoms with E-state index >= 15 is 0 Å². The van der Waals surface area contributed by atoms with Gasteiger partial charge in [-0.15, -0.1) is 0 Å². The number of carbonyl (C=O) groups excluding carboxylic acids is 1. The molecule has 8 nitrogen and oxygen atoms in total. The first-order valence-electron chi connectivity index (χ1n) is 29.3. The Hall–Kier alpha value is -2.06. The van der Waals surface area contributed by atoms with Crippen LogP contribution < -0.4 is 10.2 Å². The van der Waals surface area contributed by atoms with Gasteiger partial charge in [0.05, 0.1) is 39.9 Å². The van der Waals surface area contributed by atoms with Gasteiger partial charge in [-0.05, 0) is 70.6 Å². The topological polar surface area (TPSA) is 108 Å². The predicted octanol–water partition coefficient (Wildman–Crippen LogP) is 17.2. The first-order chi connectivity index (χ1) is 34.0. The van der Waals surface area contributed by atoms with Gasteiger partial charge in [-0.25, -0.2) is 0 Å². The molecular formula is C61H113N2O6P. The number of unbranched alkanes of at least 4 members (excludes halogenated alkanes) is 30. The number of aliphatic hydroxyl groups is 1. The molecule has 0 aromatic carbocycles. The van der Waals surface area contributed by atoms with Crippen molar-refractivity contribution in [3.8, 4) is 0 Å². The molecule has 0 heterocycles. The van der Waals surface area contributed by atoms with Crippen molar-refractivity contribution < 1.29 is 32.9 Å². The summed E-state index contributed by atoms with van der Waals surface area (Å²) in [5.74, 6) is -0.206. The Morgan fingerprint density at radius 3 is 1.33 bits per heavy atom. The molecule has 1 amide bonds. The number of nitrogens with zero attached hydrogens (tertiary/aromatic N) is 1. The van der Waals surface area contributed by atoms with Crippen molar-refractivity contribution in [2.24, 2.45) is 0 Å². The number of hydrogen-bond acceptors (Lipinski definition) is 6. The number of amides is 1. The molecule has 0 bridgehead atoms. The van der Waals surface area contributed by atoms with E-state index in [-0.39, 0.29) is 12.5 Å². The number of likely N-dealkylation sites (N-methyl/N-ethyl adjacent to an activating group) is 1. The Kier molecular flexibility index (Phi) is 50.3. The van der Waals surface area contributed by atoms with Crippen LogP contribution in [0.25, 0.3) is 0 Å². The fourth-order valence-corrected chi connectivity index (χ4v) is 9.06. The number of hydrogen-bond donors (Lipinski definition) is 2. The zero-order valence-corrected chi connectivity index (χ0v) is 47.4. The molecule has 0 saturated carbocycles. The highest BCUT2D eigenvalue weighted by Gasteiger charge is 2.23. The predicted molar refractivity (Wildman–Crippen MR) is 302 cm³/mol. The lowest BCUT2D eigenvalue weighted by molar-refractivity contribution is -0.870. The minimum Gasteiger partial charge on any atom is -0.756 e. The van der Waals surface area contributed by atoms with Crippen molar-refractivity contribution >= 4 is 13.7 Å². The van der Waals surface area contributed by atoms with Crippen LogP contribution in [0.5, 0.6) is 0 Å². The van der Waals surface area contributed by atoms with Crippen molar-refractivity contribution in [1.82, 2.24) is 5.32 Å². The molecule has 0 aliphatic rings. The van der Waals surface area contributed by atoms with Crippen LogP contribution in [-0.2, 0) is 18.4 Å². The summed E-state index contributed by atoms with van der Waals surface area (Å²) in [5.41, 5.74) is 0. The van der Waals surface area contributed by atoms with Crippen LogP contribution in [0.3, 0.4) is 0 Å². The lowest BCUT2D eigenvalue weighted by Gasteiger charge is -2.29. The van der Waals surface area contributed by atoms with E-state index in [0.29, 0.717) is 17.4 Å². The largest absolute Gasteiger partial charge is 0.756 e. The molecular weight excluding hydrogens is 888 g/mol. The molecule has 70 heavy (non-hydrogen) atoms. The maximum absolute atomic E-state index is 12.9.